The molecular weight excluding hydrogens is 310 g/mol. The number of aromatic nitrogens is 2. The molecule has 0 aliphatic carbocycles. The maximum Gasteiger partial charge on any atom is 0.122 e. The molecule has 134 valence electrons. The van der Waals surface area contributed by atoms with Crippen LogP contribution in [0.2, 0.25) is 0 Å². The van der Waals surface area contributed by atoms with Crippen LogP contribution in [0.5, 0.6) is 0 Å². The van der Waals surface area contributed by atoms with E-state index < -0.39 is 0 Å². The second kappa shape index (κ2) is 7.87. The first-order valence-corrected chi connectivity index (χ1v) is 9.36. The minimum absolute atomic E-state index is 0.0866. The number of rotatable bonds is 8. The molecule has 1 aliphatic rings. The van der Waals surface area contributed by atoms with Crippen LogP contribution >= 0.6 is 0 Å². The molecule has 1 N–H and O–H groups in total. The first kappa shape index (κ1) is 17.7. The van der Waals surface area contributed by atoms with Crippen molar-refractivity contribution in [2.75, 3.05) is 6.61 Å². The Morgan fingerprint density at radius 1 is 1.28 bits per heavy atom. The monoisotopic (exact) mass is 339 g/mol. The number of H-pyrrole nitrogens is 1. The Morgan fingerprint density at radius 3 is 2.80 bits per heavy atom. The molecule has 0 radical (unpaired) electrons. The number of aliphatic imine (C=N–C) groups is 1. The van der Waals surface area contributed by atoms with E-state index in [0.717, 1.165) is 29.2 Å². The number of ether oxygens (including phenoxy) is 1. The van der Waals surface area contributed by atoms with E-state index in [1.165, 1.54) is 30.5 Å². The summed E-state index contributed by atoms with van der Waals surface area (Å²) in [5.41, 5.74) is 6.82. The summed E-state index contributed by atoms with van der Waals surface area (Å²) in [6, 6.07) is 6.40. The summed E-state index contributed by atoms with van der Waals surface area (Å²) < 4.78 is 8.04. The number of aromatic amines is 1. The molecule has 3 rings (SSSR count). The molecule has 0 aromatic carbocycles. The van der Waals surface area contributed by atoms with Gasteiger partial charge in [-0.05, 0) is 56.5 Å². The van der Waals surface area contributed by atoms with Gasteiger partial charge in [-0.1, -0.05) is 19.8 Å². The summed E-state index contributed by atoms with van der Waals surface area (Å²) in [4.78, 5) is 8.44. The molecule has 1 unspecified atom stereocenters. The third kappa shape index (κ3) is 3.79. The van der Waals surface area contributed by atoms with Gasteiger partial charge in [0, 0.05) is 25.5 Å². The number of hydrogen-bond donors (Lipinski definition) is 1. The predicted molar refractivity (Wildman–Crippen MR) is 104 cm³/mol. The fraction of sp³-hybridized carbons (Fsp3) is 0.476. The average molecular weight is 339 g/mol. The summed E-state index contributed by atoms with van der Waals surface area (Å²) in [5, 5.41) is 0. The van der Waals surface area contributed by atoms with Crippen LogP contribution in [0, 0.1) is 6.92 Å². The van der Waals surface area contributed by atoms with Gasteiger partial charge in [0.05, 0.1) is 22.8 Å². The van der Waals surface area contributed by atoms with Crippen LogP contribution in [0.1, 0.15) is 55.8 Å². The van der Waals surface area contributed by atoms with Crippen molar-refractivity contribution in [1.29, 1.82) is 0 Å². The Morgan fingerprint density at radius 2 is 2.12 bits per heavy atom. The highest BCUT2D eigenvalue weighted by molar-refractivity contribution is 6.09. The van der Waals surface area contributed by atoms with Gasteiger partial charge in [0.1, 0.15) is 6.10 Å². The van der Waals surface area contributed by atoms with Gasteiger partial charge < -0.3 is 14.3 Å². The second-order valence-corrected chi connectivity index (χ2v) is 6.72. The van der Waals surface area contributed by atoms with Gasteiger partial charge >= 0.3 is 0 Å². The molecule has 0 fully saturated rings. The maximum atomic E-state index is 5.95. The lowest BCUT2D eigenvalue weighted by atomic mass is 10.1. The Bertz CT molecular complexity index is 779. The van der Waals surface area contributed by atoms with Crippen LogP contribution in [-0.4, -0.2) is 28.0 Å². The van der Waals surface area contributed by atoms with Crippen molar-refractivity contribution >= 4 is 11.4 Å². The molecule has 0 amide bonds. The molecule has 4 nitrogen and oxygen atoms in total. The van der Waals surface area contributed by atoms with Crippen molar-refractivity contribution in [2.24, 2.45) is 12.0 Å². The molecule has 0 saturated carbocycles. The summed E-state index contributed by atoms with van der Waals surface area (Å²) >= 11 is 0. The van der Waals surface area contributed by atoms with Gasteiger partial charge in [-0.25, -0.2) is 4.99 Å². The van der Waals surface area contributed by atoms with Crippen LogP contribution in [0.15, 0.2) is 35.5 Å². The van der Waals surface area contributed by atoms with Crippen LogP contribution in [0.4, 0.5) is 0 Å². The molecule has 4 heteroatoms. The van der Waals surface area contributed by atoms with E-state index in [4.69, 9.17) is 9.73 Å². The predicted octanol–water partition coefficient (Wildman–Crippen LogP) is 4.64. The molecule has 3 heterocycles. The summed E-state index contributed by atoms with van der Waals surface area (Å²) in [6.45, 7) is 7.10. The lowest BCUT2D eigenvalue weighted by molar-refractivity contribution is 0.142. The van der Waals surface area contributed by atoms with Gasteiger partial charge in [-0.2, -0.15) is 0 Å². The first-order chi connectivity index (χ1) is 12.1. The highest BCUT2D eigenvalue weighted by atomic mass is 16.5. The topological polar surface area (TPSA) is 42.3 Å². The quantitative estimate of drug-likeness (QED) is 0.699. The van der Waals surface area contributed by atoms with Crippen LogP contribution in [0.3, 0.4) is 0 Å². The summed E-state index contributed by atoms with van der Waals surface area (Å²) in [6.07, 6.45) is 8.98. The normalized spacial score (nSPS) is 17.0. The van der Waals surface area contributed by atoms with Crippen molar-refractivity contribution < 1.29 is 4.74 Å². The van der Waals surface area contributed by atoms with E-state index in [0.29, 0.717) is 6.61 Å². The van der Waals surface area contributed by atoms with E-state index in [1.54, 1.807) is 0 Å². The van der Waals surface area contributed by atoms with E-state index in [-0.39, 0.29) is 6.10 Å². The Balaban J connectivity index is 1.87. The standard InChI is InChI=1S/C21H29N3O/c1-5-7-8-10-16-13-18(22-15(16)3)21-20(25-6-2)14-17(23-21)19-11-9-12-24(19)4/h9,11-14,20,22H,5-8,10H2,1-4H3. The molecule has 2 aromatic heterocycles. The molecule has 2 aromatic rings. The van der Waals surface area contributed by atoms with Crippen LogP contribution in [0.25, 0.3) is 5.70 Å². The Kier molecular flexibility index (Phi) is 5.59. The lowest BCUT2D eigenvalue weighted by Gasteiger charge is -2.10. The summed E-state index contributed by atoms with van der Waals surface area (Å²) in [7, 11) is 2.05. The summed E-state index contributed by atoms with van der Waals surface area (Å²) in [5.74, 6) is 0. The van der Waals surface area contributed by atoms with Gasteiger partial charge in [0.2, 0.25) is 0 Å². The third-order valence-electron chi connectivity index (χ3n) is 4.82. The van der Waals surface area contributed by atoms with Gasteiger partial charge in [0.15, 0.2) is 0 Å². The van der Waals surface area contributed by atoms with Crippen molar-refractivity contribution in [2.45, 2.75) is 52.6 Å². The SMILES string of the molecule is CCCCCc1cc(C2=NC(c3cccn3C)=CC2OCC)[nH]c1C. The molecule has 0 saturated heterocycles. The van der Waals surface area contributed by atoms with Crippen molar-refractivity contribution in [3.05, 3.63) is 53.1 Å². The fourth-order valence-corrected chi connectivity index (χ4v) is 3.41. The molecule has 1 aliphatic heterocycles. The number of nitrogens with one attached hydrogen (secondary N) is 1. The fourth-order valence-electron chi connectivity index (χ4n) is 3.41. The van der Waals surface area contributed by atoms with E-state index in [2.05, 4.69) is 41.6 Å². The molecule has 0 spiro atoms. The smallest absolute Gasteiger partial charge is 0.122 e. The maximum absolute atomic E-state index is 5.95. The second-order valence-electron chi connectivity index (χ2n) is 6.72. The minimum atomic E-state index is -0.0866. The van der Waals surface area contributed by atoms with E-state index in [9.17, 15) is 0 Å². The third-order valence-corrected chi connectivity index (χ3v) is 4.82. The van der Waals surface area contributed by atoms with Crippen LogP contribution in [-0.2, 0) is 18.2 Å². The zero-order chi connectivity index (χ0) is 17.8. The van der Waals surface area contributed by atoms with Crippen molar-refractivity contribution in [1.82, 2.24) is 9.55 Å². The number of unbranched alkanes of at least 4 members (excludes halogenated alkanes) is 2. The molecule has 1 atom stereocenters. The van der Waals surface area contributed by atoms with Crippen molar-refractivity contribution in [3.63, 3.8) is 0 Å². The largest absolute Gasteiger partial charge is 0.368 e. The van der Waals surface area contributed by atoms with Crippen molar-refractivity contribution in [3.8, 4) is 0 Å². The highest BCUT2D eigenvalue weighted by Gasteiger charge is 2.26. The number of nitrogens with zero attached hydrogens (tertiary/aromatic N) is 2. The van der Waals surface area contributed by atoms with E-state index in [1.807, 2.05) is 26.2 Å². The Labute approximate surface area is 150 Å². The highest BCUT2D eigenvalue weighted by Crippen LogP contribution is 2.27. The minimum Gasteiger partial charge on any atom is -0.368 e. The Hall–Kier alpha value is -2.07. The molecule has 25 heavy (non-hydrogen) atoms. The molecule has 0 bridgehead atoms. The zero-order valence-corrected chi connectivity index (χ0v) is 15.8. The van der Waals surface area contributed by atoms with Gasteiger partial charge in [-0.3, -0.25) is 0 Å². The van der Waals surface area contributed by atoms with Gasteiger partial charge in [-0.15, -0.1) is 0 Å². The van der Waals surface area contributed by atoms with Gasteiger partial charge in [0.25, 0.3) is 0 Å². The van der Waals surface area contributed by atoms with E-state index >= 15 is 0 Å². The number of hydrogen-bond acceptors (Lipinski definition) is 2. The zero-order valence-electron chi connectivity index (χ0n) is 15.8. The lowest BCUT2D eigenvalue weighted by Crippen LogP contribution is -2.20. The number of aryl methyl sites for hydroxylation is 3. The van der Waals surface area contributed by atoms with Crippen LogP contribution < -0.4 is 0 Å². The first-order valence-electron chi connectivity index (χ1n) is 9.36. The molecular formula is C21H29N3O. The average Bonchev–Trinajstić information content (AvgIpc) is 3.27.